The summed E-state index contributed by atoms with van der Waals surface area (Å²) in [5.41, 5.74) is 0.737. The number of aliphatic hydroxyl groups is 2. The maximum Gasteiger partial charge on any atom is 0.406 e. The molecule has 4 atom stereocenters. The first-order chi connectivity index (χ1) is 14.7. The molecular weight excluding hydrogens is 417 g/mol. The molecule has 4 unspecified atom stereocenters. The van der Waals surface area contributed by atoms with Crippen LogP contribution >= 0.6 is 0 Å². The molecule has 0 spiro atoms. The van der Waals surface area contributed by atoms with Crippen molar-refractivity contribution in [3.63, 3.8) is 0 Å². The molecule has 1 aromatic rings. The highest BCUT2D eigenvalue weighted by Gasteiger charge is 2.52. The number of benzene rings is 1. The number of hydrogen-bond acceptors (Lipinski definition) is 5. The second-order valence-electron chi connectivity index (χ2n) is 8.04. The molecule has 0 saturated heterocycles. The fourth-order valence-electron chi connectivity index (χ4n) is 4.28. The molecule has 2 aliphatic carbocycles. The lowest BCUT2D eigenvalue weighted by molar-refractivity contribution is -0.171. The van der Waals surface area contributed by atoms with Crippen molar-refractivity contribution in [2.45, 2.75) is 43.2 Å². The molecule has 31 heavy (non-hydrogen) atoms. The van der Waals surface area contributed by atoms with Gasteiger partial charge in [0.25, 0.3) is 0 Å². The van der Waals surface area contributed by atoms with Gasteiger partial charge in [-0.3, -0.25) is 9.59 Å². The van der Waals surface area contributed by atoms with Crippen molar-refractivity contribution >= 4 is 11.8 Å². The van der Waals surface area contributed by atoms with Crippen LogP contribution in [0.3, 0.4) is 0 Å². The molecule has 1 aromatic carbocycles. The van der Waals surface area contributed by atoms with Crippen LogP contribution in [0.25, 0.3) is 0 Å². The normalized spacial score (nSPS) is 26.9. The minimum Gasteiger partial charge on any atom is -0.486 e. The second-order valence-corrected chi connectivity index (χ2v) is 8.04. The van der Waals surface area contributed by atoms with E-state index < -0.39 is 54.6 Å². The summed E-state index contributed by atoms with van der Waals surface area (Å²) in [7, 11) is 0. The van der Waals surface area contributed by atoms with E-state index in [2.05, 4.69) is 5.32 Å². The number of hydrogen-bond donors (Lipinski definition) is 3. The fraction of sp³-hybridized carbons (Fsp3) is 0.524. The number of ether oxygens (including phenoxy) is 1. The Kier molecular flexibility index (Phi) is 5.69. The zero-order chi connectivity index (χ0) is 22.3. The Balaban J connectivity index is 1.75. The first kappa shape index (κ1) is 21.6. The molecule has 0 bridgehead atoms. The molecule has 2 amide bonds. The Morgan fingerprint density at radius 1 is 1.23 bits per heavy atom. The summed E-state index contributed by atoms with van der Waals surface area (Å²) in [5, 5.41) is 22.5. The van der Waals surface area contributed by atoms with Crippen LogP contribution < -0.4 is 10.1 Å². The average molecular weight is 440 g/mol. The molecule has 7 nitrogen and oxygen atoms in total. The maximum atomic E-state index is 13.3. The van der Waals surface area contributed by atoms with Gasteiger partial charge in [0.15, 0.2) is 0 Å². The number of carbonyl (C=O) groups excluding carboxylic acids is 2. The van der Waals surface area contributed by atoms with Crippen molar-refractivity contribution in [1.82, 2.24) is 10.2 Å². The van der Waals surface area contributed by atoms with Crippen molar-refractivity contribution in [2.24, 2.45) is 5.92 Å². The highest BCUT2D eigenvalue weighted by Crippen LogP contribution is 2.47. The maximum absolute atomic E-state index is 13.3. The lowest BCUT2D eigenvalue weighted by atomic mass is 9.77. The highest BCUT2D eigenvalue weighted by molar-refractivity contribution is 5.96. The molecule has 3 aliphatic rings. The van der Waals surface area contributed by atoms with Gasteiger partial charge in [0.05, 0.1) is 18.6 Å². The van der Waals surface area contributed by atoms with Crippen LogP contribution in [0.15, 0.2) is 35.9 Å². The Morgan fingerprint density at radius 2 is 1.94 bits per heavy atom. The van der Waals surface area contributed by atoms with Gasteiger partial charge < -0.3 is 25.2 Å². The molecule has 3 N–H and O–H groups in total. The Bertz CT molecular complexity index is 899. The number of carbonyl (C=O) groups is 2. The van der Waals surface area contributed by atoms with E-state index in [1.807, 2.05) is 0 Å². The van der Waals surface area contributed by atoms with Crippen molar-refractivity contribution in [3.8, 4) is 5.75 Å². The van der Waals surface area contributed by atoms with E-state index in [1.54, 1.807) is 24.3 Å². The zero-order valence-corrected chi connectivity index (χ0v) is 16.5. The molecule has 1 heterocycles. The molecule has 1 fully saturated rings. The second kappa shape index (κ2) is 8.16. The molecular formula is C21H23F3N2O5. The number of rotatable bonds is 6. The molecule has 1 aliphatic heterocycles. The zero-order valence-electron chi connectivity index (χ0n) is 16.5. The number of para-hydroxylation sites is 1. The third kappa shape index (κ3) is 4.27. The topological polar surface area (TPSA) is 99.1 Å². The van der Waals surface area contributed by atoms with E-state index in [0.717, 1.165) is 0 Å². The number of amides is 2. The largest absolute Gasteiger partial charge is 0.486 e. The van der Waals surface area contributed by atoms with Crippen LogP contribution in [0.1, 0.15) is 24.3 Å². The number of aliphatic hydroxyl groups excluding tert-OH is 2. The number of nitrogens with zero attached hydrogens (tertiary/aromatic N) is 1. The lowest BCUT2D eigenvalue weighted by Crippen LogP contribution is -2.57. The average Bonchev–Trinajstić information content (AvgIpc) is 3.50. The molecule has 10 heteroatoms. The van der Waals surface area contributed by atoms with Gasteiger partial charge in [-0.15, -0.1) is 0 Å². The monoisotopic (exact) mass is 440 g/mol. The lowest BCUT2D eigenvalue weighted by Gasteiger charge is -2.41. The minimum absolute atomic E-state index is 0.0451. The van der Waals surface area contributed by atoms with Crippen molar-refractivity contribution in [1.29, 1.82) is 0 Å². The summed E-state index contributed by atoms with van der Waals surface area (Å²) in [6, 6.07) is 5.45. The molecule has 0 radical (unpaired) electrons. The summed E-state index contributed by atoms with van der Waals surface area (Å²) in [6.07, 6.45) is -4.92. The van der Waals surface area contributed by atoms with E-state index in [4.69, 9.17) is 9.84 Å². The first-order valence-electron chi connectivity index (χ1n) is 10.1. The Hall–Kier alpha value is -2.59. The van der Waals surface area contributed by atoms with E-state index >= 15 is 0 Å². The first-order valence-corrected chi connectivity index (χ1v) is 10.1. The Labute approximate surface area is 176 Å². The van der Waals surface area contributed by atoms with Gasteiger partial charge in [-0.2, -0.15) is 13.2 Å². The predicted molar refractivity (Wildman–Crippen MR) is 102 cm³/mol. The number of nitrogens with one attached hydrogen (secondary N) is 1. The van der Waals surface area contributed by atoms with Crippen molar-refractivity contribution in [3.05, 3.63) is 41.5 Å². The van der Waals surface area contributed by atoms with Crippen LogP contribution in [0, 0.1) is 5.92 Å². The van der Waals surface area contributed by atoms with E-state index in [0.29, 0.717) is 29.1 Å². The van der Waals surface area contributed by atoms with Gasteiger partial charge in [0.1, 0.15) is 24.5 Å². The summed E-state index contributed by atoms with van der Waals surface area (Å²) >= 11 is 0. The van der Waals surface area contributed by atoms with Crippen LogP contribution in [0.4, 0.5) is 13.2 Å². The van der Waals surface area contributed by atoms with Gasteiger partial charge in [-0.25, -0.2) is 0 Å². The number of alkyl halides is 3. The van der Waals surface area contributed by atoms with E-state index in [9.17, 15) is 27.9 Å². The third-order valence-corrected chi connectivity index (χ3v) is 5.80. The third-order valence-electron chi connectivity index (χ3n) is 5.80. The van der Waals surface area contributed by atoms with Crippen LogP contribution in [-0.4, -0.2) is 71.0 Å². The van der Waals surface area contributed by atoms with Crippen molar-refractivity contribution < 1.29 is 37.7 Å². The van der Waals surface area contributed by atoms with Crippen molar-refractivity contribution in [2.75, 3.05) is 19.7 Å². The number of halogens is 3. The van der Waals surface area contributed by atoms with Crippen LogP contribution in [-0.2, 0) is 9.59 Å². The predicted octanol–water partition coefficient (Wildman–Crippen LogP) is 1.11. The summed E-state index contributed by atoms with van der Waals surface area (Å²) in [6.45, 7) is -1.89. The molecule has 4 rings (SSSR count). The van der Waals surface area contributed by atoms with Gasteiger partial charge in [-0.1, -0.05) is 18.2 Å². The molecule has 0 aromatic heterocycles. The van der Waals surface area contributed by atoms with Gasteiger partial charge in [-0.05, 0) is 25.0 Å². The summed E-state index contributed by atoms with van der Waals surface area (Å²) in [5.74, 6) is -2.07. The highest BCUT2D eigenvalue weighted by atomic mass is 19.4. The quantitative estimate of drug-likeness (QED) is 0.616. The van der Waals surface area contributed by atoms with E-state index in [-0.39, 0.29) is 18.7 Å². The van der Waals surface area contributed by atoms with Gasteiger partial charge >= 0.3 is 6.18 Å². The standard InChI is InChI=1S/C21H23F3N2O5/c22-21(23,24)10-26(20(30)11-5-6-11)14-9-13(19(29)25-7-8-27)16-12-3-1-2-4-15(12)31-18(16)17(14)28/h1-4,9,11,14,16-18,27-28H,5-8,10H2,(H,25,29). The van der Waals surface area contributed by atoms with Gasteiger partial charge in [0.2, 0.25) is 11.8 Å². The minimum atomic E-state index is -4.67. The number of fused-ring (bicyclic) bond motifs is 3. The summed E-state index contributed by atoms with van der Waals surface area (Å²) < 4.78 is 45.7. The van der Waals surface area contributed by atoms with Gasteiger partial charge in [0, 0.05) is 23.6 Å². The van der Waals surface area contributed by atoms with Crippen LogP contribution in [0.2, 0.25) is 0 Å². The molecule has 168 valence electrons. The Morgan fingerprint density at radius 3 is 2.58 bits per heavy atom. The SMILES string of the molecule is O=C(NCCO)C1=CC(N(CC(F)(F)F)C(=O)C2CC2)C(O)C2Oc3ccccc3C12. The summed E-state index contributed by atoms with van der Waals surface area (Å²) in [4.78, 5) is 26.1. The molecule has 1 saturated carbocycles. The van der Waals surface area contributed by atoms with Crippen LogP contribution in [0.5, 0.6) is 5.75 Å². The fourth-order valence-corrected chi connectivity index (χ4v) is 4.28. The van der Waals surface area contributed by atoms with E-state index in [1.165, 1.54) is 6.08 Å². The smallest absolute Gasteiger partial charge is 0.406 e.